The predicted molar refractivity (Wildman–Crippen MR) is 83.6 cm³/mol. The van der Waals surface area contributed by atoms with Crippen LogP contribution in [-0.2, 0) is 6.54 Å². The highest BCUT2D eigenvalue weighted by atomic mass is 32.1. The van der Waals surface area contributed by atoms with Gasteiger partial charge in [-0.2, -0.15) is 0 Å². The number of benzene rings is 1. The van der Waals surface area contributed by atoms with Gasteiger partial charge in [0.15, 0.2) is 16.3 Å². The van der Waals surface area contributed by atoms with Crippen LogP contribution in [0.4, 0.5) is 0 Å². The molecular weight excluding hydrogens is 286 g/mol. The fourth-order valence-electron chi connectivity index (χ4n) is 2.31. The summed E-state index contributed by atoms with van der Waals surface area (Å²) in [5.74, 6) is 1.36. The van der Waals surface area contributed by atoms with E-state index < -0.39 is 0 Å². The number of ether oxygens (including phenoxy) is 2. The summed E-state index contributed by atoms with van der Waals surface area (Å²) in [6.07, 6.45) is 3.55. The monoisotopic (exact) mass is 301 g/mol. The Morgan fingerprint density at radius 1 is 1.14 bits per heavy atom. The lowest BCUT2D eigenvalue weighted by Gasteiger charge is -2.09. The molecule has 1 N–H and O–H groups in total. The van der Waals surface area contributed by atoms with Crippen LogP contribution < -0.4 is 9.47 Å². The van der Waals surface area contributed by atoms with Crippen molar-refractivity contribution in [3.63, 3.8) is 0 Å². The number of pyridine rings is 1. The van der Waals surface area contributed by atoms with Gasteiger partial charge in [0.2, 0.25) is 0 Å². The second-order valence-corrected chi connectivity index (χ2v) is 4.98. The Hall–Kier alpha value is -2.34. The number of rotatable bonds is 4. The average Bonchev–Trinajstić information content (AvgIpc) is 2.82. The van der Waals surface area contributed by atoms with Crippen molar-refractivity contribution in [2.75, 3.05) is 14.2 Å². The highest BCUT2D eigenvalue weighted by Gasteiger charge is 2.11. The number of aromatic nitrogens is 3. The number of hydrogen-bond donors (Lipinski definition) is 1. The second kappa shape index (κ2) is 5.57. The number of nitrogens with zero attached hydrogens (tertiary/aromatic N) is 2. The molecular formula is C15H15N3O2S. The molecule has 1 aromatic carbocycles. The van der Waals surface area contributed by atoms with E-state index >= 15 is 0 Å². The zero-order chi connectivity index (χ0) is 14.8. The summed E-state index contributed by atoms with van der Waals surface area (Å²) in [7, 11) is 3.24. The smallest absolute Gasteiger partial charge is 0.178 e. The van der Waals surface area contributed by atoms with Gasteiger partial charge in [-0.3, -0.25) is 4.98 Å². The van der Waals surface area contributed by atoms with Crippen LogP contribution in [0.3, 0.4) is 0 Å². The molecule has 21 heavy (non-hydrogen) atoms. The lowest BCUT2D eigenvalue weighted by Crippen LogP contribution is -2.00. The van der Waals surface area contributed by atoms with Gasteiger partial charge in [-0.1, -0.05) is 0 Å². The molecule has 0 unspecified atom stereocenters. The number of methoxy groups -OCH3 is 2. The Morgan fingerprint density at radius 3 is 2.48 bits per heavy atom. The number of imidazole rings is 1. The van der Waals surface area contributed by atoms with Gasteiger partial charge < -0.3 is 19.0 Å². The largest absolute Gasteiger partial charge is 0.493 e. The van der Waals surface area contributed by atoms with Crippen molar-refractivity contribution < 1.29 is 9.47 Å². The molecule has 2 aromatic heterocycles. The molecule has 0 aliphatic heterocycles. The van der Waals surface area contributed by atoms with E-state index in [0.29, 0.717) is 22.8 Å². The Morgan fingerprint density at radius 2 is 1.81 bits per heavy atom. The first-order chi connectivity index (χ1) is 10.2. The molecule has 0 spiro atoms. The Labute approximate surface area is 127 Å². The van der Waals surface area contributed by atoms with Gasteiger partial charge in [0.05, 0.1) is 31.8 Å². The number of hydrogen-bond acceptors (Lipinski definition) is 4. The number of H-pyrrole nitrogens is 1. The number of aromatic amines is 1. The molecule has 5 nitrogen and oxygen atoms in total. The van der Waals surface area contributed by atoms with Gasteiger partial charge in [0.1, 0.15) is 0 Å². The summed E-state index contributed by atoms with van der Waals surface area (Å²) >= 11 is 5.42. The Balaban J connectivity index is 2.14. The summed E-state index contributed by atoms with van der Waals surface area (Å²) in [4.78, 5) is 7.23. The predicted octanol–water partition coefficient (Wildman–Crippen LogP) is 3.16. The molecule has 0 aliphatic rings. The van der Waals surface area contributed by atoms with Gasteiger partial charge in [-0.25, -0.2) is 0 Å². The fourth-order valence-corrected chi connectivity index (χ4v) is 2.58. The number of nitrogens with one attached hydrogen (secondary N) is 1. The van der Waals surface area contributed by atoms with Gasteiger partial charge in [-0.15, -0.1) is 0 Å². The molecule has 0 bridgehead atoms. The van der Waals surface area contributed by atoms with Gasteiger partial charge in [-0.05, 0) is 29.9 Å². The van der Waals surface area contributed by atoms with Crippen LogP contribution in [0.1, 0.15) is 5.56 Å². The van der Waals surface area contributed by atoms with E-state index in [-0.39, 0.29) is 0 Å². The third-order valence-electron chi connectivity index (χ3n) is 3.37. The van der Waals surface area contributed by atoms with E-state index in [1.165, 1.54) is 0 Å². The minimum Gasteiger partial charge on any atom is -0.493 e. The maximum atomic E-state index is 5.42. The highest BCUT2D eigenvalue weighted by molar-refractivity contribution is 7.71. The SMILES string of the molecule is COc1cc2[nH]c(=S)n(Cc3ccncc3)c2cc1OC. The average molecular weight is 301 g/mol. The van der Waals surface area contributed by atoms with E-state index in [0.717, 1.165) is 16.6 Å². The highest BCUT2D eigenvalue weighted by Crippen LogP contribution is 2.32. The van der Waals surface area contributed by atoms with Crippen molar-refractivity contribution in [2.24, 2.45) is 0 Å². The first kappa shape index (κ1) is 13.6. The molecule has 6 heteroatoms. The van der Waals surface area contributed by atoms with E-state index in [2.05, 4.69) is 9.97 Å². The molecule has 0 saturated heterocycles. The van der Waals surface area contributed by atoms with Crippen molar-refractivity contribution in [1.29, 1.82) is 0 Å². The minimum atomic E-state index is 0.664. The maximum Gasteiger partial charge on any atom is 0.178 e. The van der Waals surface area contributed by atoms with E-state index in [9.17, 15) is 0 Å². The van der Waals surface area contributed by atoms with Gasteiger partial charge >= 0.3 is 0 Å². The summed E-state index contributed by atoms with van der Waals surface area (Å²) in [5, 5.41) is 0. The van der Waals surface area contributed by atoms with Crippen LogP contribution in [-0.4, -0.2) is 28.8 Å². The van der Waals surface area contributed by atoms with E-state index in [1.807, 2.05) is 28.8 Å². The molecule has 0 saturated carbocycles. The van der Waals surface area contributed by atoms with Crippen molar-refractivity contribution in [1.82, 2.24) is 14.5 Å². The molecule has 0 aliphatic carbocycles. The van der Waals surface area contributed by atoms with Crippen molar-refractivity contribution in [3.8, 4) is 11.5 Å². The molecule has 0 radical (unpaired) electrons. The van der Waals surface area contributed by atoms with Crippen LogP contribution in [0, 0.1) is 4.77 Å². The molecule has 3 aromatic rings. The van der Waals surface area contributed by atoms with Crippen molar-refractivity contribution in [3.05, 3.63) is 47.0 Å². The third kappa shape index (κ3) is 2.50. The van der Waals surface area contributed by atoms with E-state index in [1.54, 1.807) is 26.6 Å². The summed E-state index contributed by atoms with van der Waals surface area (Å²) in [6.45, 7) is 0.677. The number of fused-ring (bicyclic) bond motifs is 1. The zero-order valence-corrected chi connectivity index (χ0v) is 12.6. The van der Waals surface area contributed by atoms with Crippen LogP contribution in [0.15, 0.2) is 36.7 Å². The lowest BCUT2D eigenvalue weighted by molar-refractivity contribution is 0.355. The molecule has 0 amide bonds. The normalized spacial score (nSPS) is 10.8. The van der Waals surface area contributed by atoms with Crippen LogP contribution in [0.5, 0.6) is 11.5 Å². The first-order valence-corrected chi connectivity index (χ1v) is 6.87. The van der Waals surface area contributed by atoms with Crippen LogP contribution >= 0.6 is 12.2 Å². The molecule has 3 rings (SSSR count). The molecule has 0 fully saturated rings. The van der Waals surface area contributed by atoms with Crippen LogP contribution in [0.2, 0.25) is 0 Å². The summed E-state index contributed by atoms with van der Waals surface area (Å²) in [5.41, 5.74) is 3.04. The summed E-state index contributed by atoms with van der Waals surface area (Å²) < 4.78 is 13.4. The van der Waals surface area contributed by atoms with Gasteiger partial charge in [0, 0.05) is 24.5 Å². The molecule has 2 heterocycles. The van der Waals surface area contributed by atoms with Gasteiger partial charge in [0.25, 0.3) is 0 Å². The topological polar surface area (TPSA) is 52.1 Å². The molecule has 108 valence electrons. The molecule has 0 atom stereocenters. The van der Waals surface area contributed by atoms with Crippen LogP contribution in [0.25, 0.3) is 11.0 Å². The summed E-state index contributed by atoms with van der Waals surface area (Å²) in [6, 6.07) is 7.78. The quantitative estimate of drug-likeness (QED) is 0.752. The maximum absolute atomic E-state index is 5.42. The third-order valence-corrected chi connectivity index (χ3v) is 3.69. The second-order valence-electron chi connectivity index (χ2n) is 4.60. The van der Waals surface area contributed by atoms with E-state index in [4.69, 9.17) is 21.7 Å². The minimum absolute atomic E-state index is 0.664. The standard InChI is InChI=1S/C15H15N3O2S/c1-19-13-7-11-12(8-14(13)20-2)18(15(21)17-11)9-10-3-5-16-6-4-10/h3-8H,9H2,1-2H3,(H,17,21). The lowest BCUT2D eigenvalue weighted by atomic mass is 10.2. The Kier molecular flexibility index (Phi) is 3.62. The fraction of sp³-hybridized carbons (Fsp3) is 0.200. The first-order valence-electron chi connectivity index (χ1n) is 6.46. The van der Waals surface area contributed by atoms with Crippen molar-refractivity contribution >= 4 is 23.3 Å². The zero-order valence-electron chi connectivity index (χ0n) is 11.8. The Bertz CT molecular complexity index is 824. The van der Waals surface area contributed by atoms with Crippen molar-refractivity contribution in [2.45, 2.75) is 6.54 Å².